The molecule has 3 aliphatic heterocycles. The molecule has 0 saturated carbocycles. The van der Waals surface area contributed by atoms with Gasteiger partial charge >= 0.3 is 0 Å². The summed E-state index contributed by atoms with van der Waals surface area (Å²) in [5.41, 5.74) is 0.785. The largest absolute Gasteiger partial charge is 0.362 e. The number of hydrogen-bond acceptors (Lipinski definition) is 4. The molecule has 0 spiro atoms. The highest BCUT2D eigenvalue weighted by Gasteiger charge is 2.34. The maximum atomic E-state index is 6.05. The van der Waals surface area contributed by atoms with Gasteiger partial charge in [0.05, 0.1) is 5.39 Å². The van der Waals surface area contributed by atoms with E-state index in [1.165, 1.54) is 25.9 Å². The molecule has 1 aromatic carbocycles. The molecule has 0 amide bonds. The van der Waals surface area contributed by atoms with Crippen molar-refractivity contribution in [3.8, 4) is 0 Å². The molecule has 1 aromatic heterocycles. The van der Waals surface area contributed by atoms with Gasteiger partial charge in [0.2, 0.25) is 0 Å². The van der Waals surface area contributed by atoms with E-state index in [9.17, 15) is 0 Å². The van der Waals surface area contributed by atoms with Gasteiger partial charge in [-0.05, 0) is 50.0 Å². The topological polar surface area (TPSA) is 41.3 Å². The van der Waals surface area contributed by atoms with Crippen LogP contribution in [0.3, 0.4) is 0 Å². The second-order valence-electron chi connectivity index (χ2n) is 5.56. The van der Waals surface area contributed by atoms with Crippen LogP contribution in [0.15, 0.2) is 22.7 Å². The van der Waals surface area contributed by atoms with Crippen LogP contribution in [0.25, 0.3) is 11.0 Å². The number of aromatic nitrogens is 1. The predicted molar refractivity (Wildman–Crippen MR) is 75.6 cm³/mol. The van der Waals surface area contributed by atoms with E-state index in [0.717, 1.165) is 29.2 Å². The molecule has 0 radical (unpaired) electrons. The Morgan fingerprint density at radius 2 is 2.16 bits per heavy atom. The summed E-state index contributed by atoms with van der Waals surface area (Å²) in [7, 11) is 0. The molecule has 19 heavy (non-hydrogen) atoms. The second kappa shape index (κ2) is 4.39. The highest BCUT2D eigenvalue weighted by atomic mass is 35.5. The van der Waals surface area contributed by atoms with Crippen molar-refractivity contribution in [3.63, 3.8) is 0 Å². The molecule has 3 fully saturated rings. The molecule has 2 aromatic rings. The van der Waals surface area contributed by atoms with Crippen LogP contribution in [-0.2, 0) is 0 Å². The number of nitrogens with zero attached hydrogens (tertiary/aromatic N) is 2. The zero-order valence-electron chi connectivity index (χ0n) is 10.6. The number of rotatable bonds is 2. The fourth-order valence-electron chi connectivity index (χ4n) is 3.32. The average molecular weight is 278 g/mol. The monoisotopic (exact) mass is 277 g/mol. The van der Waals surface area contributed by atoms with E-state index >= 15 is 0 Å². The Hall–Kier alpha value is -1.26. The van der Waals surface area contributed by atoms with Crippen LogP contribution >= 0.6 is 11.6 Å². The first-order valence-electron chi connectivity index (χ1n) is 6.83. The van der Waals surface area contributed by atoms with Crippen LogP contribution in [0.1, 0.15) is 12.8 Å². The van der Waals surface area contributed by atoms with E-state index < -0.39 is 0 Å². The maximum absolute atomic E-state index is 6.05. The Balaban J connectivity index is 1.63. The fourth-order valence-corrected chi connectivity index (χ4v) is 3.49. The second-order valence-corrected chi connectivity index (χ2v) is 6.00. The van der Waals surface area contributed by atoms with Gasteiger partial charge in [0, 0.05) is 17.6 Å². The summed E-state index contributed by atoms with van der Waals surface area (Å²) in [6, 6.07) is 6.09. The summed E-state index contributed by atoms with van der Waals surface area (Å²) in [6.07, 6.45) is 2.57. The zero-order valence-corrected chi connectivity index (χ0v) is 11.4. The van der Waals surface area contributed by atoms with Crippen molar-refractivity contribution in [2.75, 3.05) is 25.0 Å². The van der Waals surface area contributed by atoms with Crippen LogP contribution in [-0.4, -0.2) is 35.7 Å². The lowest BCUT2D eigenvalue weighted by atomic mass is 9.84. The highest BCUT2D eigenvalue weighted by molar-refractivity contribution is 6.31. The Morgan fingerprint density at radius 1 is 1.32 bits per heavy atom. The molecule has 100 valence electrons. The molecule has 0 aliphatic carbocycles. The van der Waals surface area contributed by atoms with Crippen LogP contribution in [0.4, 0.5) is 5.82 Å². The predicted octanol–water partition coefficient (Wildman–Crippen LogP) is 2.99. The number of halogens is 1. The first-order valence-corrected chi connectivity index (χ1v) is 7.21. The maximum Gasteiger partial charge on any atom is 0.177 e. The van der Waals surface area contributed by atoms with Gasteiger partial charge in [-0.2, -0.15) is 0 Å². The average Bonchev–Trinajstić information content (AvgIpc) is 2.83. The van der Waals surface area contributed by atoms with Crippen molar-refractivity contribution in [1.82, 2.24) is 10.1 Å². The quantitative estimate of drug-likeness (QED) is 0.916. The zero-order chi connectivity index (χ0) is 12.8. The highest BCUT2D eigenvalue weighted by Crippen LogP contribution is 2.32. The Labute approximate surface area is 116 Å². The molecule has 4 heterocycles. The summed E-state index contributed by atoms with van der Waals surface area (Å²) in [6.45, 7) is 3.60. The van der Waals surface area contributed by atoms with Crippen molar-refractivity contribution < 1.29 is 4.52 Å². The van der Waals surface area contributed by atoms with Gasteiger partial charge in [0.15, 0.2) is 11.4 Å². The third-order valence-electron chi connectivity index (χ3n) is 4.41. The summed E-state index contributed by atoms with van der Waals surface area (Å²) >= 11 is 6.05. The van der Waals surface area contributed by atoms with E-state index in [1.54, 1.807) is 0 Å². The van der Waals surface area contributed by atoms with Gasteiger partial charge in [-0.3, -0.25) is 0 Å². The minimum Gasteiger partial charge on any atom is -0.362 e. The summed E-state index contributed by atoms with van der Waals surface area (Å²) in [4.78, 5) is 2.52. The molecule has 4 nitrogen and oxygen atoms in total. The summed E-state index contributed by atoms with van der Waals surface area (Å²) in [5, 5.41) is 9.40. The summed E-state index contributed by atoms with van der Waals surface area (Å²) in [5.74, 6) is 1.59. The smallest absolute Gasteiger partial charge is 0.177 e. The lowest BCUT2D eigenvalue weighted by Crippen LogP contribution is -2.53. The van der Waals surface area contributed by atoms with Crippen LogP contribution in [0, 0.1) is 5.92 Å². The minimum atomic E-state index is 0.481. The lowest BCUT2D eigenvalue weighted by molar-refractivity contribution is 0.0973. The molecular formula is C14H16ClN3O. The Bertz CT molecular complexity index is 604. The van der Waals surface area contributed by atoms with Crippen molar-refractivity contribution >= 4 is 28.4 Å². The van der Waals surface area contributed by atoms with Crippen molar-refractivity contribution in [1.29, 1.82) is 0 Å². The number of anilines is 1. The lowest BCUT2D eigenvalue weighted by Gasteiger charge is -2.44. The molecule has 0 unspecified atom stereocenters. The molecule has 5 rings (SSSR count). The molecule has 1 atom stereocenters. The van der Waals surface area contributed by atoms with E-state index in [1.807, 2.05) is 18.2 Å². The molecule has 3 saturated heterocycles. The molecular weight excluding hydrogens is 262 g/mol. The minimum absolute atomic E-state index is 0.481. The van der Waals surface area contributed by atoms with Crippen molar-refractivity contribution in [2.45, 2.75) is 18.9 Å². The first kappa shape index (κ1) is 11.6. The van der Waals surface area contributed by atoms with E-state index in [2.05, 4.69) is 15.4 Å². The van der Waals surface area contributed by atoms with E-state index in [-0.39, 0.29) is 0 Å². The fraction of sp³-hybridized carbons (Fsp3) is 0.500. The summed E-state index contributed by atoms with van der Waals surface area (Å²) < 4.78 is 5.34. The first-order chi connectivity index (χ1) is 9.29. The van der Waals surface area contributed by atoms with Gasteiger partial charge in [-0.25, -0.2) is 0 Å². The van der Waals surface area contributed by atoms with Crippen LogP contribution in [0.5, 0.6) is 0 Å². The standard InChI is InChI=1S/C14H16ClN3O/c15-10-1-2-13-11(7-10)14(17-19-13)16-12-8-18-5-3-9(12)4-6-18/h1-2,7,9,12H,3-6,8H2,(H,16,17)/t12-/m0/s1. The number of benzene rings is 1. The van der Waals surface area contributed by atoms with E-state index in [0.29, 0.717) is 11.1 Å². The number of fused-ring (bicyclic) bond motifs is 4. The van der Waals surface area contributed by atoms with Crippen molar-refractivity contribution in [2.24, 2.45) is 5.92 Å². The van der Waals surface area contributed by atoms with Gasteiger partial charge in [-0.15, -0.1) is 0 Å². The van der Waals surface area contributed by atoms with Gasteiger partial charge in [0.1, 0.15) is 0 Å². The third-order valence-corrected chi connectivity index (χ3v) is 4.65. The van der Waals surface area contributed by atoms with Crippen molar-refractivity contribution in [3.05, 3.63) is 23.2 Å². The van der Waals surface area contributed by atoms with Gasteiger partial charge in [-0.1, -0.05) is 16.8 Å². The normalized spacial score (nSPS) is 29.8. The molecule has 5 heteroatoms. The Morgan fingerprint density at radius 3 is 2.89 bits per heavy atom. The molecule has 1 N–H and O–H groups in total. The van der Waals surface area contributed by atoms with Crippen LogP contribution in [0.2, 0.25) is 5.02 Å². The Kier molecular flexibility index (Phi) is 2.67. The molecule has 3 aliphatic rings. The number of nitrogens with one attached hydrogen (secondary N) is 1. The molecule has 2 bridgehead atoms. The number of hydrogen-bond donors (Lipinski definition) is 1. The van der Waals surface area contributed by atoms with E-state index in [4.69, 9.17) is 16.1 Å². The SMILES string of the molecule is Clc1ccc2onc(N[C@H]3CN4CCC3CC4)c2c1. The van der Waals surface area contributed by atoms with Gasteiger partial charge in [0.25, 0.3) is 0 Å². The van der Waals surface area contributed by atoms with Gasteiger partial charge < -0.3 is 14.7 Å². The third kappa shape index (κ3) is 1.99. The van der Waals surface area contributed by atoms with Crippen LogP contribution < -0.4 is 5.32 Å². The number of piperidine rings is 3.